The van der Waals surface area contributed by atoms with E-state index in [4.69, 9.17) is 19.2 Å². The summed E-state index contributed by atoms with van der Waals surface area (Å²) in [4.78, 5) is 7.18. The van der Waals surface area contributed by atoms with Crippen LogP contribution in [0.5, 0.6) is 0 Å². The Kier molecular flexibility index (Phi) is 4.95. The van der Waals surface area contributed by atoms with Gasteiger partial charge in [-0.3, -0.25) is 4.99 Å². The summed E-state index contributed by atoms with van der Waals surface area (Å²) in [5, 5.41) is 3.80. The number of morpholine rings is 1. The van der Waals surface area contributed by atoms with E-state index >= 15 is 0 Å². The smallest absolute Gasteiger partial charge is 0.194 e. The molecular weight excluding hydrogens is 318 g/mol. The normalized spacial score (nSPS) is 40.7. The molecule has 4 aliphatic rings. The number of nitrogens with one attached hydrogen (secondary N) is 1. The molecule has 25 heavy (non-hydrogen) atoms. The SMILES string of the molecule is CCN=C(NC1C2CCOC2C1(C)C)N1CCOC(C2CCCO2)C1. The predicted octanol–water partition coefficient (Wildman–Crippen LogP) is 1.65. The second-order valence-electron chi connectivity index (χ2n) is 8.39. The van der Waals surface area contributed by atoms with Crippen LogP contribution in [0.2, 0.25) is 0 Å². The van der Waals surface area contributed by atoms with Gasteiger partial charge in [0.1, 0.15) is 6.10 Å². The molecule has 6 nitrogen and oxygen atoms in total. The van der Waals surface area contributed by atoms with Gasteiger partial charge < -0.3 is 24.4 Å². The molecule has 142 valence electrons. The maximum atomic E-state index is 6.01. The fourth-order valence-electron chi connectivity index (χ4n) is 5.13. The summed E-state index contributed by atoms with van der Waals surface area (Å²) in [5.74, 6) is 1.66. The molecule has 6 heteroatoms. The molecule has 3 saturated heterocycles. The highest BCUT2D eigenvalue weighted by atomic mass is 16.5. The molecule has 5 atom stereocenters. The first-order valence-corrected chi connectivity index (χ1v) is 10.0. The second kappa shape index (κ2) is 7.05. The quantitative estimate of drug-likeness (QED) is 0.619. The van der Waals surface area contributed by atoms with Gasteiger partial charge in [-0.2, -0.15) is 0 Å². The largest absolute Gasteiger partial charge is 0.377 e. The van der Waals surface area contributed by atoms with Crippen LogP contribution in [0.15, 0.2) is 4.99 Å². The van der Waals surface area contributed by atoms with Crippen LogP contribution in [-0.2, 0) is 14.2 Å². The highest BCUT2D eigenvalue weighted by Gasteiger charge is 2.59. The van der Waals surface area contributed by atoms with E-state index < -0.39 is 0 Å². The van der Waals surface area contributed by atoms with Crippen molar-refractivity contribution in [3.8, 4) is 0 Å². The lowest BCUT2D eigenvalue weighted by molar-refractivity contribution is -0.109. The van der Waals surface area contributed by atoms with Gasteiger partial charge in [-0.05, 0) is 26.2 Å². The number of nitrogens with zero attached hydrogens (tertiary/aromatic N) is 2. The van der Waals surface area contributed by atoms with Gasteiger partial charge in [0.2, 0.25) is 0 Å². The van der Waals surface area contributed by atoms with Crippen molar-refractivity contribution in [1.29, 1.82) is 0 Å². The lowest BCUT2D eigenvalue weighted by Crippen LogP contribution is -2.68. The number of aliphatic imine (C=N–C) groups is 1. The highest BCUT2D eigenvalue weighted by Crippen LogP contribution is 2.52. The average molecular weight is 351 g/mol. The maximum absolute atomic E-state index is 6.01. The van der Waals surface area contributed by atoms with E-state index in [9.17, 15) is 0 Å². The second-order valence-corrected chi connectivity index (χ2v) is 8.39. The third-order valence-electron chi connectivity index (χ3n) is 6.47. The van der Waals surface area contributed by atoms with Crippen molar-refractivity contribution >= 4 is 5.96 Å². The average Bonchev–Trinajstić information content (AvgIpc) is 3.29. The van der Waals surface area contributed by atoms with Crippen LogP contribution in [0.3, 0.4) is 0 Å². The molecule has 3 aliphatic heterocycles. The first-order chi connectivity index (χ1) is 12.1. The Morgan fingerprint density at radius 3 is 2.72 bits per heavy atom. The van der Waals surface area contributed by atoms with E-state index in [1.807, 2.05) is 0 Å². The first-order valence-electron chi connectivity index (χ1n) is 10.0. The number of fused-ring (bicyclic) bond motifs is 1. The van der Waals surface area contributed by atoms with Gasteiger partial charge in [0, 0.05) is 50.2 Å². The van der Waals surface area contributed by atoms with Gasteiger partial charge in [0.05, 0.1) is 18.8 Å². The lowest BCUT2D eigenvalue weighted by atomic mass is 9.57. The van der Waals surface area contributed by atoms with Crippen LogP contribution >= 0.6 is 0 Å². The van der Waals surface area contributed by atoms with Crippen LogP contribution in [0.1, 0.15) is 40.0 Å². The van der Waals surface area contributed by atoms with Crippen molar-refractivity contribution in [2.45, 2.75) is 64.4 Å². The van der Waals surface area contributed by atoms with Crippen LogP contribution in [0.4, 0.5) is 0 Å². The monoisotopic (exact) mass is 351 g/mol. The molecule has 5 unspecified atom stereocenters. The van der Waals surface area contributed by atoms with E-state index in [1.165, 1.54) is 0 Å². The molecule has 0 spiro atoms. The number of rotatable bonds is 3. The Hall–Kier alpha value is -0.850. The molecule has 1 N–H and O–H groups in total. The zero-order chi connectivity index (χ0) is 17.4. The molecule has 0 radical (unpaired) electrons. The Balaban J connectivity index is 1.43. The van der Waals surface area contributed by atoms with Gasteiger partial charge in [0.25, 0.3) is 0 Å². The van der Waals surface area contributed by atoms with E-state index in [1.54, 1.807) is 0 Å². The van der Waals surface area contributed by atoms with Crippen LogP contribution in [0, 0.1) is 11.3 Å². The minimum Gasteiger partial charge on any atom is -0.377 e. The molecule has 1 aliphatic carbocycles. The van der Waals surface area contributed by atoms with Crippen molar-refractivity contribution in [1.82, 2.24) is 10.2 Å². The fraction of sp³-hybridized carbons (Fsp3) is 0.947. The third kappa shape index (κ3) is 3.17. The van der Waals surface area contributed by atoms with Gasteiger partial charge in [0.15, 0.2) is 5.96 Å². The summed E-state index contributed by atoms with van der Waals surface area (Å²) in [5.41, 5.74) is 0.163. The summed E-state index contributed by atoms with van der Waals surface area (Å²) >= 11 is 0. The summed E-state index contributed by atoms with van der Waals surface area (Å²) in [6.45, 7) is 11.8. The minimum atomic E-state index is 0.163. The van der Waals surface area contributed by atoms with Gasteiger partial charge in [-0.25, -0.2) is 0 Å². The molecule has 3 heterocycles. The molecule has 0 aromatic carbocycles. The van der Waals surface area contributed by atoms with Crippen molar-refractivity contribution in [2.24, 2.45) is 16.3 Å². The Morgan fingerprint density at radius 2 is 1.96 bits per heavy atom. The molecular formula is C19H33N3O3. The Morgan fingerprint density at radius 1 is 1.12 bits per heavy atom. The number of hydrogen-bond acceptors (Lipinski definition) is 4. The third-order valence-corrected chi connectivity index (χ3v) is 6.47. The Bertz CT molecular complexity index is 504. The van der Waals surface area contributed by atoms with Gasteiger partial charge >= 0.3 is 0 Å². The van der Waals surface area contributed by atoms with Crippen LogP contribution in [-0.4, -0.2) is 74.7 Å². The zero-order valence-corrected chi connectivity index (χ0v) is 15.9. The van der Waals surface area contributed by atoms with E-state index in [-0.39, 0.29) is 17.6 Å². The topological polar surface area (TPSA) is 55.3 Å². The number of guanidine groups is 1. The maximum Gasteiger partial charge on any atom is 0.194 e. The summed E-state index contributed by atoms with van der Waals surface area (Å²) in [7, 11) is 0. The summed E-state index contributed by atoms with van der Waals surface area (Å²) in [6.07, 6.45) is 4.24. The van der Waals surface area contributed by atoms with Crippen molar-refractivity contribution < 1.29 is 14.2 Å². The van der Waals surface area contributed by atoms with Gasteiger partial charge in [-0.15, -0.1) is 0 Å². The van der Waals surface area contributed by atoms with Crippen LogP contribution in [0.25, 0.3) is 0 Å². The van der Waals surface area contributed by atoms with Crippen LogP contribution < -0.4 is 5.32 Å². The Labute approximate surface area is 151 Å². The standard InChI is InChI=1S/C19H33N3O3/c1-4-20-18(21-16-13-7-10-25-17(13)19(16,2)3)22-8-11-24-15(12-22)14-6-5-9-23-14/h13-17H,4-12H2,1-3H3,(H,20,21). The number of hydrogen-bond donors (Lipinski definition) is 1. The fourth-order valence-corrected chi connectivity index (χ4v) is 5.13. The minimum absolute atomic E-state index is 0.163. The molecule has 0 aromatic rings. The molecule has 0 aromatic heterocycles. The summed E-state index contributed by atoms with van der Waals surface area (Å²) < 4.78 is 17.8. The molecule has 4 rings (SSSR count). The highest BCUT2D eigenvalue weighted by molar-refractivity contribution is 5.80. The lowest BCUT2D eigenvalue weighted by Gasteiger charge is -2.55. The van der Waals surface area contributed by atoms with E-state index in [2.05, 4.69) is 31.0 Å². The van der Waals surface area contributed by atoms with E-state index in [0.717, 1.165) is 64.7 Å². The first kappa shape index (κ1) is 17.6. The van der Waals surface area contributed by atoms with Crippen molar-refractivity contribution in [3.05, 3.63) is 0 Å². The predicted molar refractivity (Wildman–Crippen MR) is 96.8 cm³/mol. The van der Waals surface area contributed by atoms with Gasteiger partial charge in [-0.1, -0.05) is 13.8 Å². The summed E-state index contributed by atoms with van der Waals surface area (Å²) in [6, 6.07) is 0.439. The van der Waals surface area contributed by atoms with Crippen molar-refractivity contribution in [2.75, 3.05) is 39.5 Å². The number of ether oxygens (including phenoxy) is 3. The van der Waals surface area contributed by atoms with E-state index in [0.29, 0.717) is 18.1 Å². The molecule has 1 saturated carbocycles. The molecule has 4 fully saturated rings. The molecule has 0 amide bonds. The van der Waals surface area contributed by atoms with Crippen molar-refractivity contribution in [3.63, 3.8) is 0 Å². The zero-order valence-electron chi connectivity index (χ0n) is 15.9. The molecule has 0 bridgehead atoms.